The van der Waals surface area contributed by atoms with Gasteiger partial charge in [0.1, 0.15) is 29.2 Å². The molecule has 1 aliphatic rings. The van der Waals surface area contributed by atoms with Crippen molar-refractivity contribution in [1.29, 1.82) is 0 Å². The summed E-state index contributed by atoms with van der Waals surface area (Å²) in [5.74, 6) is 5.17. The molecule has 1 aliphatic heterocycles. The number of fused-ring (bicyclic) bond motifs is 1. The first kappa shape index (κ1) is 29.8. The minimum Gasteiger partial charge on any atom is -0.433 e. The van der Waals surface area contributed by atoms with Crippen molar-refractivity contribution in [3.05, 3.63) is 83.7 Å². The van der Waals surface area contributed by atoms with Crippen LogP contribution in [0.2, 0.25) is 0 Å². The first-order chi connectivity index (χ1) is 20.4. The Bertz CT molecular complexity index is 1820. The third-order valence-corrected chi connectivity index (χ3v) is 8.02. The van der Waals surface area contributed by atoms with E-state index in [9.17, 15) is 30.8 Å². The van der Waals surface area contributed by atoms with Crippen LogP contribution in [0.25, 0.3) is 11.2 Å². The zero-order valence-electron chi connectivity index (χ0n) is 22.5. The molecular formula is C28H24F4N6O4S. The summed E-state index contributed by atoms with van der Waals surface area (Å²) >= 11 is 0. The normalized spacial score (nSPS) is 16.0. The number of aromatic nitrogens is 4. The van der Waals surface area contributed by atoms with Crippen LogP contribution < -0.4 is 10.2 Å². The molecule has 43 heavy (non-hydrogen) atoms. The maximum atomic E-state index is 14.4. The van der Waals surface area contributed by atoms with E-state index in [4.69, 9.17) is 4.74 Å². The van der Waals surface area contributed by atoms with Crippen LogP contribution in [0.3, 0.4) is 0 Å². The second-order valence-corrected chi connectivity index (χ2v) is 11.4. The summed E-state index contributed by atoms with van der Waals surface area (Å²) in [6, 6.07) is 12.8. The van der Waals surface area contributed by atoms with Gasteiger partial charge in [0.05, 0.1) is 12.2 Å². The monoisotopic (exact) mass is 616 g/mol. The number of hydrogen-bond donors (Lipinski definition) is 1. The molecule has 10 nitrogen and oxygen atoms in total. The number of benzene rings is 1. The molecule has 224 valence electrons. The fraction of sp³-hybridized carbons (Fsp3) is 0.286. The second kappa shape index (κ2) is 11.9. The predicted octanol–water partition coefficient (Wildman–Crippen LogP) is 4.67. The van der Waals surface area contributed by atoms with Gasteiger partial charge in [0, 0.05) is 18.7 Å². The number of ether oxygens (including phenoxy) is 1. The van der Waals surface area contributed by atoms with Gasteiger partial charge in [-0.15, -0.1) is 0 Å². The number of alkyl halides is 3. The summed E-state index contributed by atoms with van der Waals surface area (Å²) in [6.07, 6.45) is 1.17. The number of imidazole rings is 1. The lowest BCUT2D eigenvalue weighted by molar-refractivity contribution is -0.0445. The smallest absolute Gasteiger partial charge is 0.433 e. The van der Waals surface area contributed by atoms with Gasteiger partial charge in [-0.25, -0.2) is 28.1 Å². The summed E-state index contributed by atoms with van der Waals surface area (Å²) in [5.41, 5.74) is -4.60. The van der Waals surface area contributed by atoms with Crippen LogP contribution >= 0.6 is 0 Å². The van der Waals surface area contributed by atoms with Crippen molar-refractivity contribution < 1.29 is 35.5 Å². The third kappa shape index (κ3) is 6.38. The Balaban J connectivity index is 1.38. The zero-order valence-corrected chi connectivity index (χ0v) is 23.4. The van der Waals surface area contributed by atoms with Crippen molar-refractivity contribution in [3.8, 4) is 11.8 Å². The molecule has 2 atom stereocenters. The van der Waals surface area contributed by atoms with Gasteiger partial charge in [-0.2, -0.15) is 21.6 Å². The van der Waals surface area contributed by atoms with Crippen LogP contribution in [0.15, 0.2) is 61.1 Å². The number of halogens is 4. The van der Waals surface area contributed by atoms with Gasteiger partial charge < -0.3 is 15.0 Å². The first-order valence-electron chi connectivity index (χ1n) is 13.0. The van der Waals surface area contributed by atoms with E-state index in [1.807, 2.05) is 30.3 Å². The Kier molecular flexibility index (Phi) is 8.23. The molecular weight excluding hydrogens is 592 g/mol. The van der Waals surface area contributed by atoms with Crippen LogP contribution in [-0.4, -0.2) is 51.6 Å². The fourth-order valence-electron chi connectivity index (χ4n) is 4.66. The van der Waals surface area contributed by atoms with E-state index in [-0.39, 0.29) is 27.5 Å². The molecule has 0 aliphatic carbocycles. The highest BCUT2D eigenvalue weighted by atomic mass is 32.2. The van der Waals surface area contributed by atoms with Crippen LogP contribution in [-0.2, 0) is 21.3 Å². The molecule has 1 aromatic carbocycles. The molecule has 4 aromatic rings. The number of amides is 1. The molecule has 0 radical (unpaired) electrons. The number of alkyl carbamates (subject to hydrolysis) is 1. The minimum atomic E-state index is -5.77. The van der Waals surface area contributed by atoms with Crippen LogP contribution in [0.1, 0.15) is 42.6 Å². The second-order valence-electron chi connectivity index (χ2n) is 9.60. The van der Waals surface area contributed by atoms with Gasteiger partial charge in [-0.1, -0.05) is 36.3 Å². The number of anilines is 1. The molecule has 1 saturated heterocycles. The highest BCUT2D eigenvalue weighted by molar-refractivity contribution is 7.90. The van der Waals surface area contributed by atoms with Crippen molar-refractivity contribution in [2.24, 2.45) is 0 Å². The fourth-order valence-corrected chi connectivity index (χ4v) is 5.42. The standard InChI is InChI=1S/C28H24F4N6O4S/c1-18(42-27(39)34-15-19-6-3-2-4-7-19)9-10-22-21(14-20(29)16-33-22)24-8-5-13-37(24)25-12-11-23-26(36-25)38(17-35-23)43(40,41)28(30,31)32/h2-4,6-7,11-12,14,16-18,24H,5,8,13,15H2,1H3,(H,34,39)/t18-,24?/m1/s1. The SMILES string of the molecule is C[C@H](C#Cc1ncc(F)cc1C1CCCN1c1ccc2ncn(S(=O)(=O)C(F)(F)F)c2n1)OC(=O)NCc1ccccc1. The number of hydrogen-bond acceptors (Lipinski definition) is 8. The van der Waals surface area contributed by atoms with Gasteiger partial charge in [-0.3, -0.25) is 0 Å². The molecule has 1 fully saturated rings. The summed E-state index contributed by atoms with van der Waals surface area (Å²) < 4.78 is 83.5. The predicted molar refractivity (Wildman–Crippen MR) is 148 cm³/mol. The van der Waals surface area contributed by atoms with E-state index in [1.54, 1.807) is 11.8 Å². The van der Waals surface area contributed by atoms with E-state index >= 15 is 0 Å². The molecule has 0 saturated carbocycles. The summed E-state index contributed by atoms with van der Waals surface area (Å²) in [5, 5.41) is 2.63. The molecule has 1 amide bonds. The van der Waals surface area contributed by atoms with Crippen LogP contribution in [0.5, 0.6) is 0 Å². The number of rotatable bonds is 6. The maximum Gasteiger partial charge on any atom is 0.517 e. The number of pyridine rings is 2. The molecule has 0 bridgehead atoms. The average Bonchev–Trinajstić information content (AvgIpc) is 3.63. The summed E-state index contributed by atoms with van der Waals surface area (Å²) in [7, 11) is -5.77. The Labute approximate surface area is 243 Å². The van der Waals surface area contributed by atoms with Crippen molar-refractivity contribution in [2.75, 3.05) is 11.4 Å². The Morgan fingerprint density at radius 1 is 1.19 bits per heavy atom. The van der Waals surface area contributed by atoms with Gasteiger partial charge in [0.2, 0.25) is 0 Å². The minimum absolute atomic E-state index is 0.00501. The molecule has 4 heterocycles. The largest absolute Gasteiger partial charge is 0.517 e. The van der Waals surface area contributed by atoms with Gasteiger partial charge in [-0.05, 0) is 49.4 Å². The molecule has 15 heteroatoms. The molecule has 1 unspecified atom stereocenters. The Morgan fingerprint density at radius 3 is 2.70 bits per heavy atom. The third-order valence-electron chi connectivity index (χ3n) is 6.65. The van der Waals surface area contributed by atoms with Crippen LogP contribution in [0, 0.1) is 17.7 Å². The van der Waals surface area contributed by atoms with E-state index in [1.165, 1.54) is 18.2 Å². The number of nitrogens with one attached hydrogen (secondary N) is 1. The van der Waals surface area contributed by atoms with Gasteiger partial charge in [0.25, 0.3) is 0 Å². The first-order valence-corrected chi connectivity index (χ1v) is 14.5. The van der Waals surface area contributed by atoms with Crippen molar-refractivity contribution in [1.82, 2.24) is 24.2 Å². The maximum absolute atomic E-state index is 14.4. The molecule has 3 aromatic heterocycles. The van der Waals surface area contributed by atoms with Gasteiger partial charge in [0.15, 0.2) is 11.8 Å². The van der Waals surface area contributed by atoms with E-state index in [2.05, 4.69) is 32.1 Å². The van der Waals surface area contributed by atoms with Crippen molar-refractivity contribution in [3.63, 3.8) is 0 Å². The topological polar surface area (TPSA) is 119 Å². The highest BCUT2D eigenvalue weighted by Gasteiger charge is 2.48. The quantitative estimate of drug-likeness (QED) is 0.245. The number of carbonyl (C=O) groups is 1. The van der Waals surface area contributed by atoms with E-state index in [0.29, 0.717) is 31.3 Å². The lowest BCUT2D eigenvalue weighted by atomic mass is 10.0. The van der Waals surface area contributed by atoms with Crippen molar-refractivity contribution in [2.45, 2.75) is 44.0 Å². The summed E-state index contributed by atoms with van der Waals surface area (Å²) in [4.78, 5) is 26.0. The van der Waals surface area contributed by atoms with E-state index in [0.717, 1.165) is 11.8 Å². The van der Waals surface area contributed by atoms with Gasteiger partial charge >= 0.3 is 21.6 Å². The highest BCUT2D eigenvalue weighted by Crippen LogP contribution is 2.37. The molecule has 0 spiro atoms. The van der Waals surface area contributed by atoms with E-state index < -0.39 is 45.2 Å². The van der Waals surface area contributed by atoms with Crippen LogP contribution in [0.4, 0.5) is 28.2 Å². The molecule has 5 rings (SSSR count). The number of carbonyl (C=O) groups excluding carboxylic acids is 1. The Hall–Kier alpha value is -4.71. The molecule has 1 N–H and O–H groups in total. The Morgan fingerprint density at radius 2 is 1.95 bits per heavy atom. The van der Waals surface area contributed by atoms with Crippen molar-refractivity contribution >= 4 is 33.1 Å². The zero-order chi connectivity index (χ0) is 30.8. The lowest BCUT2D eigenvalue weighted by Gasteiger charge is -2.26. The summed E-state index contributed by atoms with van der Waals surface area (Å²) in [6.45, 7) is 2.23. The lowest BCUT2D eigenvalue weighted by Crippen LogP contribution is -2.29. The average molecular weight is 617 g/mol. The number of nitrogens with zero attached hydrogens (tertiary/aromatic N) is 5.